The van der Waals surface area contributed by atoms with E-state index >= 15 is 0 Å². The van der Waals surface area contributed by atoms with Gasteiger partial charge >= 0.3 is 5.69 Å². The number of aromatic amines is 1. The van der Waals surface area contributed by atoms with Crippen molar-refractivity contribution in [3.63, 3.8) is 0 Å². The molecule has 0 atom stereocenters. The van der Waals surface area contributed by atoms with Crippen molar-refractivity contribution in [2.24, 2.45) is 0 Å². The first kappa shape index (κ1) is 17.3. The Balaban J connectivity index is 1.53. The molecule has 1 saturated carbocycles. The van der Waals surface area contributed by atoms with Crippen molar-refractivity contribution in [2.75, 3.05) is 11.5 Å². The Labute approximate surface area is 156 Å². The molecule has 0 aliphatic heterocycles. The van der Waals surface area contributed by atoms with Gasteiger partial charge in [0.25, 0.3) is 5.56 Å². The molecule has 1 fully saturated rings. The number of furan rings is 1. The molecular weight excluding hydrogens is 372 g/mol. The van der Waals surface area contributed by atoms with Crippen LogP contribution in [0.15, 0.2) is 43.9 Å². The number of nitrogen functional groups attached to an aromatic ring is 1. The normalized spacial score (nSPS) is 13.8. The minimum absolute atomic E-state index is 0.0510. The molecule has 140 valence electrons. The molecule has 11 heteroatoms. The van der Waals surface area contributed by atoms with Gasteiger partial charge in [-0.25, -0.2) is 4.79 Å². The molecule has 0 unspecified atom stereocenters. The van der Waals surface area contributed by atoms with E-state index in [9.17, 15) is 14.4 Å². The Kier molecular flexibility index (Phi) is 4.44. The van der Waals surface area contributed by atoms with Gasteiger partial charge in [-0.15, -0.1) is 10.2 Å². The van der Waals surface area contributed by atoms with Crippen LogP contribution in [-0.2, 0) is 6.54 Å². The number of Topliss-reactive ketones (excluding diaryl/α,β-unsaturated/α-hetero) is 1. The van der Waals surface area contributed by atoms with Gasteiger partial charge in [0, 0.05) is 6.04 Å². The van der Waals surface area contributed by atoms with Crippen molar-refractivity contribution < 1.29 is 9.21 Å². The molecule has 3 aromatic heterocycles. The minimum atomic E-state index is -0.767. The number of hydrogen-bond acceptors (Lipinski definition) is 8. The number of hydrogen-bond donors (Lipinski definition) is 2. The third-order valence-electron chi connectivity index (χ3n) is 4.19. The van der Waals surface area contributed by atoms with Gasteiger partial charge in [0.1, 0.15) is 23.5 Å². The van der Waals surface area contributed by atoms with Crippen molar-refractivity contribution in [1.29, 1.82) is 0 Å². The molecule has 0 aromatic carbocycles. The zero-order chi connectivity index (χ0) is 19.0. The molecule has 0 amide bonds. The van der Waals surface area contributed by atoms with Gasteiger partial charge in [0.05, 0.1) is 18.6 Å². The fourth-order valence-electron chi connectivity index (χ4n) is 2.77. The zero-order valence-electron chi connectivity index (χ0n) is 14.1. The largest absolute Gasteiger partial charge is 0.467 e. The summed E-state index contributed by atoms with van der Waals surface area (Å²) in [6.45, 7) is 0.422. The third kappa shape index (κ3) is 3.45. The van der Waals surface area contributed by atoms with Crippen molar-refractivity contribution in [2.45, 2.75) is 30.6 Å². The fraction of sp³-hybridized carbons (Fsp3) is 0.312. The highest BCUT2D eigenvalue weighted by Gasteiger charge is 2.30. The fourth-order valence-corrected chi connectivity index (χ4v) is 3.55. The number of thioether (sulfide) groups is 1. The predicted molar refractivity (Wildman–Crippen MR) is 96.9 cm³/mol. The van der Waals surface area contributed by atoms with Crippen molar-refractivity contribution in [3.05, 3.63) is 56.9 Å². The van der Waals surface area contributed by atoms with Gasteiger partial charge in [-0.3, -0.25) is 19.1 Å². The van der Waals surface area contributed by atoms with Crippen LogP contribution in [0, 0.1) is 0 Å². The standard InChI is InChI=1S/C16H16N6O4S/c17-13-12(14(24)19-15(25)22(13)9-3-4-9)11(23)7-27-16-20-18-8-21(16)6-10-2-1-5-26-10/h1-2,5,8-9H,3-4,6-7,17H2,(H,19,24,25). The van der Waals surface area contributed by atoms with E-state index in [1.54, 1.807) is 16.9 Å². The molecule has 0 bridgehead atoms. The number of ketones is 1. The Morgan fingerprint density at radius 2 is 2.22 bits per heavy atom. The average Bonchev–Trinajstić information content (AvgIpc) is 3.14. The SMILES string of the molecule is Nc1c(C(=O)CSc2nncn2Cc2ccco2)c(=O)[nH]c(=O)n1C1CC1. The summed E-state index contributed by atoms with van der Waals surface area (Å²) in [4.78, 5) is 38.8. The molecule has 0 spiro atoms. The molecule has 1 aliphatic rings. The average molecular weight is 388 g/mol. The van der Waals surface area contributed by atoms with Crippen LogP contribution in [0.5, 0.6) is 0 Å². The lowest BCUT2D eigenvalue weighted by atomic mass is 10.2. The summed E-state index contributed by atoms with van der Waals surface area (Å²) in [5.74, 6) is 0.113. The van der Waals surface area contributed by atoms with Crippen LogP contribution in [0.3, 0.4) is 0 Å². The first-order valence-electron chi connectivity index (χ1n) is 8.25. The van der Waals surface area contributed by atoms with Crippen LogP contribution in [0.4, 0.5) is 5.82 Å². The molecule has 27 heavy (non-hydrogen) atoms. The number of aromatic nitrogens is 5. The van der Waals surface area contributed by atoms with E-state index in [-0.39, 0.29) is 23.2 Å². The van der Waals surface area contributed by atoms with Gasteiger partial charge in [-0.2, -0.15) is 0 Å². The summed E-state index contributed by atoms with van der Waals surface area (Å²) in [6, 6.07) is 3.55. The number of nitrogens with two attached hydrogens (primary N) is 1. The first-order chi connectivity index (χ1) is 13.0. The van der Waals surface area contributed by atoms with E-state index in [1.807, 2.05) is 6.07 Å². The van der Waals surface area contributed by atoms with E-state index < -0.39 is 17.0 Å². The molecule has 0 radical (unpaired) electrons. The summed E-state index contributed by atoms with van der Waals surface area (Å²) >= 11 is 1.13. The number of nitrogens with one attached hydrogen (secondary N) is 1. The number of carbonyl (C=O) groups is 1. The van der Waals surface area contributed by atoms with Gasteiger partial charge in [-0.1, -0.05) is 11.8 Å². The van der Waals surface area contributed by atoms with Gasteiger partial charge in [-0.05, 0) is 25.0 Å². The van der Waals surface area contributed by atoms with Crippen LogP contribution in [0.25, 0.3) is 0 Å². The first-order valence-corrected chi connectivity index (χ1v) is 9.23. The topological polar surface area (TPSA) is 142 Å². The lowest BCUT2D eigenvalue weighted by Gasteiger charge is -2.11. The van der Waals surface area contributed by atoms with Crippen molar-refractivity contribution in [3.8, 4) is 0 Å². The number of rotatable bonds is 7. The van der Waals surface area contributed by atoms with Crippen LogP contribution >= 0.6 is 11.8 Å². The Hall–Kier alpha value is -3.08. The molecule has 3 aromatic rings. The second-order valence-corrected chi connectivity index (χ2v) is 7.10. The number of anilines is 1. The van der Waals surface area contributed by atoms with Gasteiger partial charge in [0.15, 0.2) is 10.9 Å². The highest BCUT2D eigenvalue weighted by Crippen LogP contribution is 2.35. The minimum Gasteiger partial charge on any atom is -0.467 e. The summed E-state index contributed by atoms with van der Waals surface area (Å²) in [5.41, 5.74) is 4.43. The number of H-pyrrole nitrogens is 1. The lowest BCUT2D eigenvalue weighted by molar-refractivity contribution is 0.102. The predicted octanol–water partition coefficient (Wildman–Crippen LogP) is 0.661. The maximum Gasteiger partial charge on any atom is 0.330 e. The maximum atomic E-state index is 12.6. The Bertz CT molecular complexity index is 1090. The van der Waals surface area contributed by atoms with Crippen LogP contribution in [0.1, 0.15) is 35.0 Å². The van der Waals surface area contributed by atoms with E-state index in [2.05, 4.69) is 15.2 Å². The maximum absolute atomic E-state index is 12.6. The van der Waals surface area contributed by atoms with Crippen molar-refractivity contribution >= 4 is 23.4 Å². The molecule has 0 saturated heterocycles. The highest BCUT2D eigenvalue weighted by atomic mass is 32.2. The van der Waals surface area contributed by atoms with Crippen LogP contribution < -0.4 is 17.0 Å². The zero-order valence-corrected chi connectivity index (χ0v) is 14.9. The Morgan fingerprint density at radius 1 is 1.41 bits per heavy atom. The summed E-state index contributed by atoms with van der Waals surface area (Å²) in [6.07, 6.45) is 4.70. The highest BCUT2D eigenvalue weighted by molar-refractivity contribution is 7.99. The quantitative estimate of drug-likeness (QED) is 0.444. The second-order valence-electron chi connectivity index (χ2n) is 6.15. The second kappa shape index (κ2) is 6.91. The van der Waals surface area contributed by atoms with Gasteiger partial charge < -0.3 is 14.7 Å². The molecule has 4 rings (SSSR count). The van der Waals surface area contributed by atoms with E-state index in [1.165, 1.54) is 10.9 Å². The summed E-state index contributed by atoms with van der Waals surface area (Å²) in [7, 11) is 0. The summed E-state index contributed by atoms with van der Waals surface area (Å²) in [5, 5.41) is 8.34. The molecule has 3 N–H and O–H groups in total. The van der Waals surface area contributed by atoms with Crippen LogP contribution in [0.2, 0.25) is 0 Å². The van der Waals surface area contributed by atoms with Gasteiger partial charge in [0.2, 0.25) is 0 Å². The number of carbonyl (C=O) groups excluding carboxylic acids is 1. The van der Waals surface area contributed by atoms with E-state index in [4.69, 9.17) is 10.2 Å². The smallest absolute Gasteiger partial charge is 0.330 e. The third-order valence-corrected chi connectivity index (χ3v) is 5.17. The monoisotopic (exact) mass is 388 g/mol. The van der Waals surface area contributed by atoms with E-state index in [0.29, 0.717) is 11.7 Å². The molecule has 3 heterocycles. The van der Waals surface area contributed by atoms with Crippen LogP contribution in [-0.4, -0.2) is 35.9 Å². The molecule has 10 nitrogen and oxygen atoms in total. The molecular formula is C16H16N6O4S. The summed E-state index contributed by atoms with van der Waals surface area (Å²) < 4.78 is 8.32. The Morgan fingerprint density at radius 3 is 2.93 bits per heavy atom. The van der Waals surface area contributed by atoms with E-state index in [0.717, 1.165) is 30.4 Å². The number of nitrogens with zero attached hydrogens (tertiary/aromatic N) is 4. The lowest BCUT2D eigenvalue weighted by Crippen LogP contribution is -2.36. The molecule has 1 aliphatic carbocycles. The van der Waals surface area contributed by atoms with Crippen molar-refractivity contribution in [1.82, 2.24) is 24.3 Å².